The maximum absolute atomic E-state index is 12.7. The molecule has 0 spiro atoms. The van der Waals surface area contributed by atoms with E-state index in [1.54, 1.807) is 13.0 Å². The summed E-state index contributed by atoms with van der Waals surface area (Å²) in [7, 11) is -3.64. The van der Waals surface area contributed by atoms with Crippen molar-refractivity contribution in [1.82, 2.24) is 4.72 Å². The second-order valence-corrected chi connectivity index (χ2v) is 9.47. The molecule has 8 nitrogen and oxygen atoms in total. The van der Waals surface area contributed by atoms with E-state index < -0.39 is 21.6 Å². The van der Waals surface area contributed by atoms with Gasteiger partial charge in [-0.25, -0.2) is 17.9 Å². The van der Waals surface area contributed by atoms with Gasteiger partial charge in [-0.3, -0.25) is 4.79 Å². The number of anilines is 2. The molecule has 1 amide bonds. The Morgan fingerprint density at radius 1 is 1.03 bits per heavy atom. The zero-order valence-electron chi connectivity index (χ0n) is 19.2. The van der Waals surface area contributed by atoms with Gasteiger partial charge in [0.05, 0.1) is 4.90 Å². The molecule has 0 bridgehead atoms. The van der Waals surface area contributed by atoms with E-state index >= 15 is 0 Å². The number of amides is 1. The first-order valence-electron chi connectivity index (χ1n) is 10.9. The van der Waals surface area contributed by atoms with Crippen molar-refractivity contribution in [3.8, 4) is 0 Å². The monoisotopic (exact) mass is 471 g/mol. The van der Waals surface area contributed by atoms with Crippen LogP contribution in [0.4, 0.5) is 11.4 Å². The fourth-order valence-electron chi connectivity index (χ4n) is 3.38. The van der Waals surface area contributed by atoms with Crippen molar-refractivity contribution >= 4 is 38.3 Å². The van der Waals surface area contributed by atoms with Crippen molar-refractivity contribution in [2.45, 2.75) is 45.1 Å². The summed E-state index contributed by atoms with van der Waals surface area (Å²) in [6.07, 6.45) is 0.665. The number of benzene rings is 2. The summed E-state index contributed by atoms with van der Waals surface area (Å²) in [6.45, 7) is 9.40. The molecule has 0 saturated heterocycles. The number of hydrogen-bond donors (Lipinski definition) is 2. The molecule has 1 unspecified atom stereocenters. The van der Waals surface area contributed by atoms with Crippen molar-refractivity contribution in [3.05, 3.63) is 64.5 Å². The van der Waals surface area contributed by atoms with Crippen molar-refractivity contribution in [1.29, 1.82) is 0 Å². The first kappa shape index (κ1) is 24.5. The highest BCUT2D eigenvalue weighted by Gasteiger charge is 2.18. The third-order valence-corrected chi connectivity index (χ3v) is 7.09. The Balaban J connectivity index is 1.81. The summed E-state index contributed by atoms with van der Waals surface area (Å²) < 4.78 is 32.7. The lowest BCUT2D eigenvalue weighted by molar-refractivity contribution is 0.102. The Kier molecular flexibility index (Phi) is 7.55. The molecule has 0 aliphatic carbocycles. The number of carbonyl (C=O) groups excluding carboxylic acids is 1. The molecule has 0 aliphatic heterocycles. The van der Waals surface area contributed by atoms with E-state index in [-0.39, 0.29) is 16.5 Å². The number of nitrogens with one attached hydrogen (secondary N) is 2. The molecule has 1 aromatic heterocycles. The summed E-state index contributed by atoms with van der Waals surface area (Å²) in [4.78, 5) is 27.4. The number of nitrogens with zero attached hydrogens (tertiary/aromatic N) is 1. The van der Waals surface area contributed by atoms with E-state index in [1.807, 2.05) is 32.9 Å². The smallest absolute Gasteiger partial charge is 0.349 e. The van der Waals surface area contributed by atoms with Gasteiger partial charge in [0, 0.05) is 42.0 Å². The molecule has 2 aromatic carbocycles. The second-order valence-electron chi connectivity index (χ2n) is 7.75. The van der Waals surface area contributed by atoms with E-state index in [1.165, 1.54) is 30.3 Å². The van der Waals surface area contributed by atoms with Gasteiger partial charge in [-0.2, -0.15) is 0 Å². The third-order valence-electron chi connectivity index (χ3n) is 5.48. The zero-order chi connectivity index (χ0) is 24.2. The summed E-state index contributed by atoms with van der Waals surface area (Å²) in [5.74, 6) is -0.633. The summed E-state index contributed by atoms with van der Waals surface area (Å²) in [6, 6.07) is 12.6. The minimum absolute atomic E-state index is 0.0926. The van der Waals surface area contributed by atoms with Gasteiger partial charge in [-0.1, -0.05) is 6.92 Å². The van der Waals surface area contributed by atoms with Crippen LogP contribution in [0, 0.1) is 0 Å². The van der Waals surface area contributed by atoms with Gasteiger partial charge in [0.1, 0.15) is 11.1 Å². The first-order valence-corrected chi connectivity index (χ1v) is 12.4. The molecule has 1 atom stereocenters. The molecule has 9 heteroatoms. The van der Waals surface area contributed by atoms with Crippen LogP contribution in [0.25, 0.3) is 11.0 Å². The highest BCUT2D eigenvalue weighted by molar-refractivity contribution is 7.89. The number of sulfonamides is 1. The van der Waals surface area contributed by atoms with Crippen LogP contribution in [-0.4, -0.2) is 33.5 Å². The van der Waals surface area contributed by atoms with Gasteiger partial charge in [0.25, 0.3) is 5.91 Å². The van der Waals surface area contributed by atoms with Crippen molar-refractivity contribution in [3.63, 3.8) is 0 Å². The standard InChI is InChI=1S/C24H29N3O5S/c1-5-16(4)26-33(30,31)20-12-9-18(10-13-20)25-23(28)21-14-17-8-11-19(27(6-2)7-3)15-22(17)32-24(21)29/h8-16,26H,5-7H2,1-4H3,(H,25,28). The largest absolute Gasteiger partial charge is 0.422 e. The van der Waals surface area contributed by atoms with Crippen LogP contribution < -0.4 is 20.6 Å². The molecule has 0 aliphatic rings. The predicted octanol–water partition coefficient (Wildman–Crippen LogP) is 3.97. The van der Waals surface area contributed by atoms with Crippen LogP contribution in [0.3, 0.4) is 0 Å². The molecule has 176 valence electrons. The lowest BCUT2D eigenvalue weighted by Crippen LogP contribution is -2.31. The van der Waals surface area contributed by atoms with E-state index in [2.05, 4.69) is 14.9 Å². The lowest BCUT2D eigenvalue weighted by atomic mass is 10.1. The van der Waals surface area contributed by atoms with Gasteiger partial charge in [-0.15, -0.1) is 0 Å². The lowest BCUT2D eigenvalue weighted by Gasteiger charge is -2.21. The molecule has 3 aromatic rings. The summed E-state index contributed by atoms with van der Waals surface area (Å²) >= 11 is 0. The molecule has 0 radical (unpaired) electrons. The fourth-order valence-corrected chi connectivity index (χ4v) is 4.70. The van der Waals surface area contributed by atoms with Gasteiger partial charge in [0.2, 0.25) is 10.0 Å². The molecule has 2 N–H and O–H groups in total. The van der Waals surface area contributed by atoms with Crippen LogP contribution in [0.5, 0.6) is 0 Å². The maximum Gasteiger partial charge on any atom is 0.349 e. The van der Waals surface area contributed by atoms with E-state index in [4.69, 9.17) is 4.42 Å². The number of fused-ring (bicyclic) bond motifs is 1. The Morgan fingerprint density at radius 2 is 1.70 bits per heavy atom. The topological polar surface area (TPSA) is 109 Å². The quantitative estimate of drug-likeness (QED) is 0.457. The van der Waals surface area contributed by atoms with Crippen LogP contribution >= 0.6 is 0 Å². The minimum Gasteiger partial charge on any atom is -0.422 e. The average Bonchev–Trinajstić information content (AvgIpc) is 2.79. The van der Waals surface area contributed by atoms with Crippen LogP contribution in [0.2, 0.25) is 0 Å². The SMILES string of the molecule is CCC(C)NS(=O)(=O)c1ccc(NC(=O)c2cc3ccc(N(CC)CC)cc3oc2=O)cc1. The van der Waals surface area contributed by atoms with E-state index in [9.17, 15) is 18.0 Å². The van der Waals surface area contributed by atoms with Crippen LogP contribution in [0.1, 0.15) is 44.5 Å². The molecular formula is C24H29N3O5S. The molecule has 0 fully saturated rings. The third kappa shape index (κ3) is 5.61. The summed E-state index contributed by atoms with van der Waals surface area (Å²) in [5.41, 5.74) is 0.829. The van der Waals surface area contributed by atoms with Crippen molar-refractivity contribution < 1.29 is 17.6 Å². The highest BCUT2D eigenvalue weighted by Crippen LogP contribution is 2.22. The Morgan fingerprint density at radius 3 is 2.30 bits per heavy atom. The Hall–Kier alpha value is -3.17. The average molecular weight is 472 g/mol. The maximum atomic E-state index is 12.7. The first-order chi connectivity index (χ1) is 15.7. The van der Waals surface area contributed by atoms with Crippen LogP contribution in [-0.2, 0) is 10.0 Å². The van der Waals surface area contributed by atoms with E-state index in [0.29, 0.717) is 23.1 Å². The molecule has 1 heterocycles. The predicted molar refractivity (Wildman–Crippen MR) is 131 cm³/mol. The Labute approximate surface area is 193 Å². The minimum atomic E-state index is -3.64. The van der Waals surface area contributed by atoms with Gasteiger partial charge in [-0.05, 0) is 69.7 Å². The Bertz CT molecular complexity index is 1300. The number of hydrogen-bond acceptors (Lipinski definition) is 6. The highest BCUT2D eigenvalue weighted by atomic mass is 32.2. The van der Waals surface area contributed by atoms with Gasteiger partial charge in [0.15, 0.2) is 0 Å². The van der Waals surface area contributed by atoms with E-state index in [0.717, 1.165) is 18.8 Å². The molecule has 0 saturated carbocycles. The van der Waals surface area contributed by atoms with Crippen LogP contribution in [0.15, 0.2) is 62.6 Å². The van der Waals surface area contributed by atoms with Crippen molar-refractivity contribution in [2.24, 2.45) is 0 Å². The number of rotatable bonds is 9. The normalized spacial score (nSPS) is 12.5. The number of carbonyl (C=O) groups is 1. The molecule has 3 rings (SSSR count). The van der Waals surface area contributed by atoms with Gasteiger partial charge >= 0.3 is 5.63 Å². The van der Waals surface area contributed by atoms with Gasteiger partial charge < -0.3 is 14.6 Å². The zero-order valence-corrected chi connectivity index (χ0v) is 20.0. The van der Waals surface area contributed by atoms with Crippen molar-refractivity contribution in [2.75, 3.05) is 23.3 Å². The second kappa shape index (κ2) is 10.2. The molecule has 33 heavy (non-hydrogen) atoms. The molecular weight excluding hydrogens is 442 g/mol. The fraction of sp³-hybridized carbons (Fsp3) is 0.333. The summed E-state index contributed by atoms with van der Waals surface area (Å²) in [5, 5.41) is 3.25.